The van der Waals surface area contributed by atoms with Crippen LogP contribution < -0.4 is 5.32 Å². The summed E-state index contributed by atoms with van der Waals surface area (Å²) in [5, 5.41) is 9.54. The van der Waals surface area contributed by atoms with Gasteiger partial charge in [0.05, 0.1) is 10.8 Å². The van der Waals surface area contributed by atoms with Crippen LogP contribution in [0.1, 0.15) is 5.56 Å². The summed E-state index contributed by atoms with van der Waals surface area (Å²) < 4.78 is 11.5. The van der Waals surface area contributed by atoms with Gasteiger partial charge in [-0.1, -0.05) is 6.07 Å². The summed E-state index contributed by atoms with van der Waals surface area (Å²) in [5.41, 5.74) is 1.84. The standard InChI is InChI=1S/C10H12N4OS/c1-7-8(13-10-11-6-12-14-10)4-3-5-9(7)16(2)15/h3-6H,1-2H3,(H2,11,12,13,14). The second kappa shape index (κ2) is 4.44. The van der Waals surface area contributed by atoms with Crippen molar-refractivity contribution in [2.45, 2.75) is 11.8 Å². The highest BCUT2D eigenvalue weighted by Crippen LogP contribution is 2.23. The fraction of sp³-hybridized carbons (Fsp3) is 0.200. The molecule has 84 valence electrons. The van der Waals surface area contributed by atoms with Crippen LogP contribution in [0.15, 0.2) is 29.4 Å². The summed E-state index contributed by atoms with van der Waals surface area (Å²) in [6.07, 6.45) is 3.10. The van der Waals surface area contributed by atoms with Gasteiger partial charge in [0.1, 0.15) is 6.33 Å². The first-order valence-electron chi connectivity index (χ1n) is 4.74. The predicted octanol–water partition coefficient (Wildman–Crippen LogP) is 1.59. The lowest BCUT2D eigenvalue weighted by Gasteiger charge is -2.09. The van der Waals surface area contributed by atoms with Gasteiger partial charge in [-0.25, -0.2) is 5.10 Å². The maximum Gasteiger partial charge on any atom is 0.222 e. The maximum atomic E-state index is 11.5. The normalized spacial score (nSPS) is 12.4. The number of benzene rings is 1. The zero-order valence-electron chi connectivity index (χ0n) is 9.02. The van der Waals surface area contributed by atoms with Crippen LogP contribution in [0.4, 0.5) is 11.6 Å². The first-order valence-corrected chi connectivity index (χ1v) is 6.29. The fourth-order valence-electron chi connectivity index (χ4n) is 1.45. The van der Waals surface area contributed by atoms with E-state index in [1.807, 2.05) is 25.1 Å². The number of aromatic amines is 1. The van der Waals surface area contributed by atoms with Gasteiger partial charge in [0.25, 0.3) is 0 Å². The number of hydrogen-bond donors (Lipinski definition) is 2. The smallest absolute Gasteiger partial charge is 0.222 e. The Kier molecular flexibility index (Phi) is 3.00. The zero-order valence-corrected chi connectivity index (χ0v) is 9.84. The van der Waals surface area contributed by atoms with Crippen molar-refractivity contribution in [3.63, 3.8) is 0 Å². The van der Waals surface area contributed by atoms with Crippen molar-refractivity contribution in [1.29, 1.82) is 0 Å². The van der Waals surface area contributed by atoms with E-state index in [-0.39, 0.29) is 0 Å². The minimum Gasteiger partial charge on any atom is -0.324 e. The molecule has 0 radical (unpaired) electrons. The first-order chi connectivity index (χ1) is 7.68. The molecule has 1 heterocycles. The number of H-pyrrole nitrogens is 1. The van der Waals surface area contributed by atoms with Gasteiger partial charge in [0.2, 0.25) is 5.95 Å². The van der Waals surface area contributed by atoms with Crippen LogP contribution >= 0.6 is 0 Å². The number of nitrogens with one attached hydrogen (secondary N) is 2. The van der Waals surface area contributed by atoms with Gasteiger partial charge in [0.15, 0.2) is 0 Å². The van der Waals surface area contributed by atoms with Crippen molar-refractivity contribution in [2.75, 3.05) is 11.6 Å². The molecule has 2 rings (SSSR count). The van der Waals surface area contributed by atoms with Crippen molar-refractivity contribution < 1.29 is 4.21 Å². The molecule has 6 heteroatoms. The van der Waals surface area contributed by atoms with Crippen LogP contribution in [0.25, 0.3) is 0 Å². The average molecular weight is 236 g/mol. The average Bonchev–Trinajstić information content (AvgIpc) is 2.73. The van der Waals surface area contributed by atoms with E-state index in [0.29, 0.717) is 5.95 Å². The van der Waals surface area contributed by atoms with Gasteiger partial charge < -0.3 is 5.32 Å². The van der Waals surface area contributed by atoms with Gasteiger partial charge in [-0.05, 0) is 24.6 Å². The molecule has 0 amide bonds. The van der Waals surface area contributed by atoms with Crippen molar-refractivity contribution >= 4 is 22.4 Å². The molecular formula is C10H12N4OS. The first kappa shape index (κ1) is 10.8. The van der Waals surface area contributed by atoms with Crippen LogP contribution in [-0.4, -0.2) is 25.6 Å². The minimum atomic E-state index is -0.985. The molecule has 1 unspecified atom stereocenters. The molecule has 0 aliphatic heterocycles. The molecular weight excluding hydrogens is 224 g/mol. The summed E-state index contributed by atoms with van der Waals surface area (Å²) in [7, 11) is -0.985. The fourth-order valence-corrected chi connectivity index (χ4v) is 2.27. The minimum absolute atomic E-state index is 0.571. The third-order valence-electron chi connectivity index (χ3n) is 2.26. The van der Waals surface area contributed by atoms with Gasteiger partial charge in [-0.3, -0.25) is 4.21 Å². The second-order valence-corrected chi connectivity index (χ2v) is 4.69. The summed E-state index contributed by atoms with van der Waals surface area (Å²) in [4.78, 5) is 4.80. The van der Waals surface area contributed by atoms with Gasteiger partial charge >= 0.3 is 0 Å². The predicted molar refractivity (Wildman–Crippen MR) is 63.2 cm³/mol. The molecule has 0 spiro atoms. The number of hydrogen-bond acceptors (Lipinski definition) is 4. The van der Waals surface area contributed by atoms with Gasteiger partial charge in [0, 0.05) is 16.8 Å². The highest BCUT2D eigenvalue weighted by Gasteiger charge is 2.07. The lowest BCUT2D eigenvalue weighted by molar-refractivity contribution is 0.686. The Hall–Kier alpha value is -1.69. The van der Waals surface area contributed by atoms with Crippen LogP contribution in [0.3, 0.4) is 0 Å². The van der Waals surface area contributed by atoms with E-state index in [4.69, 9.17) is 0 Å². The van der Waals surface area contributed by atoms with Gasteiger partial charge in [-0.2, -0.15) is 10.1 Å². The molecule has 1 aromatic carbocycles. The third kappa shape index (κ3) is 2.11. The Labute approximate surface area is 95.8 Å². The summed E-state index contributed by atoms with van der Waals surface area (Å²) >= 11 is 0. The lowest BCUT2D eigenvalue weighted by Crippen LogP contribution is -1.99. The Morgan fingerprint density at radius 1 is 1.44 bits per heavy atom. The van der Waals surface area contributed by atoms with Crippen LogP contribution in [0.2, 0.25) is 0 Å². The van der Waals surface area contributed by atoms with Crippen molar-refractivity contribution in [3.8, 4) is 0 Å². The number of nitrogens with zero attached hydrogens (tertiary/aromatic N) is 2. The molecule has 0 saturated heterocycles. The van der Waals surface area contributed by atoms with Crippen LogP contribution in [-0.2, 0) is 10.8 Å². The Morgan fingerprint density at radius 2 is 2.25 bits per heavy atom. The van der Waals surface area contributed by atoms with E-state index in [2.05, 4.69) is 20.5 Å². The maximum absolute atomic E-state index is 11.5. The molecule has 1 atom stereocenters. The zero-order chi connectivity index (χ0) is 11.5. The van der Waals surface area contributed by atoms with Crippen molar-refractivity contribution in [2.24, 2.45) is 0 Å². The molecule has 0 bridgehead atoms. The molecule has 0 fully saturated rings. The molecule has 0 aliphatic rings. The summed E-state index contributed by atoms with van der Waals surface area (Å²) in [5.74, 6) is 0.571. The topological polar surface area (TPSA) is 70.7 Å². The van der Waals surface area contributed by atoms with Crippen molar-refractivity contribution in [3.05, 3.63) is 30.1 Å². The van der Waals surface area contributed by atoms with E-state index in [0.717, 1.165) is 16.1 Å². The number of aromatic nitrogens is 3. The second-order valence-electron chi connectivity index (χ2n) is 3.34. The molecule has 0 aliphatic carbocycles. The van der Waals surface area contributed by atoms with E-state index >= 15 is 0 Å². The highest BCUT2D eigenvalue weighted by atomic mass is 32.2. The summed E-state index contributed by atoms with van der Waals surface area (Å²) in [6, 6.07) is 5.63. The Balaban J connectivity index is 2.35. The highest BCUT2D eigenvalue weighted by molar-refractivity contribution is 7.84. The monoisotopic (exact) mass is 236 g/mol. The molecule has 5 nitrogen and oxygen atoms in total. The van der Waals surface area contributed by atoms with Crippen LogP contribution in [0, 0.1) is 6.92 Å². The molecule has 2 aromatic rings. The quantitative estimate of drug-likeness (QED) is 0.849. The molecule has 2 N–H and O–H groups in total. The molecule has 0 saturated carbocycles. The van der Waals surface area contributed by atoms with E-state index in [9.17, 15) is 4.21 Å². The number of rotatable bonds is 3. The Morgan fingerprint density at radius 3 is 2.88 bits per heavy atom. The van der Waals surface area contributed by atoms with E-state index < -0.39 is 10.8 Å². The summed E-state index contributed by atoms with van der Waals surface area (Å²) in [6.45, 7) is 1.93. The SMILES string of the molecule is Cc1c(Nc2ncn[nH]2)cccc1S(C)=O. The third-order valence-corrected chi connectivity index (χ3v) is 3.32. The van der Waals surface area contributed by atoms with E-state index in [1.54, 1.807) is 6.26 Å². The van der Waals surface area contributed by atoms with E-state index in [1.165, 1.54) is 6.33 Å². The van der Waals surface area contributed by atoms with Crippen LogP contribution in [0.5, 0.6) is 0 Å². The Bertz CT molecular complexity index is 510. The molecule has 1 aromatic heterocycles. The largest absolute Gasteiger partial charge is 0.324 e. The lowest BCUT2D eigenvalue weighted by atomic mass is 10.2. The molecule has 16 heavy (non-hydrogen) atoms. The number of anilines is 2. The van der Waals surface area contributed by atoms with Gasteiger partial charge in [-0.15, -0.1) is 0 Å². The van der Waals surface area contributed by atoms with Crippen molar-refractivity contribution in [1.82, 2.24) is 15.2 Å².